The summed E-state index contributed by atoms with van der Waals surface area (Å²) in [6.45, 7) is 5.24. The van der Waals surface area contributed by atoms with E-state index in [9.17, 15) is 4.79 Å². The van der Waals surface area contributed by atoms with Gasteiger partial charge in [-0.2, -0.15) is 0 Å². The smallest absolute Gasteiger partial charge is 0.219 e. The molecule has 0 aromatic rings. The molecule has 0 unspecified atom stereocenters. The molecule has 0 aliphatic heterocycles. The molecule has 65 valence electrons. The summed E-state index contributed by atoms with van der Waals surface area (Å²) < 4.78 is 0. The van der Waals surface area contributed by atoms with Crippen molar-refractivity contribution in [2.24, 2.45) is 0 Å². The summed E-state index contributed by atoms with van der Waals surface area (Å²) in [6, 6.07) is 0. The summed E-state index contributed by atoms with van der Waals surface area (Å²) in [5.41, 5.74) is 0. The second kappa shape index (κ2) is 6.16. The first-order valence-corrected chi connectivity index (χ1v) is 3.87. The van der Waals surface area contributed by atoms with E-state index in [1.807, 2.05) is 14.1 Å². The number of amides is 1. The van der Waals surface area contributed by atoms with Crippen LogP contribution in [0.2, 0.25) is 0 Å². The second-order valence-electron chi connectivity index (χ2n) is 2.76. The number of carbonyl (C=O) groups is 1. The molecule has 3 nitrogen and oxygen atoms in total. The minimum absolute atomic E-state index is 0.0313. The molecule has 0 aromatic heterocycles. The van der Waals surface area contributed by atoms with Gasteiger partial charge in [-0.25, -0.2) is 0 Å². The Balaban J connectivity index is 3.08. The lowest BCUT2D eigenvalue weighted by Crippen LogP contribution is -2.26. The van der Waals surface area contributed by atoms with Crippen LogP contribution in [0.25, 0.3) is 0 Å². The lowest BCUT2D eigenvalue weighted by atomic mass is 10.4. The number of carbonyl (C=O) groups excluding carboxylic acids is 1. The SMILES string of the molecule is [CH2]CC(=O)NCCCN(C)C. The predicted molar refractivity (Wildman–Crippen MR) is 46.2 cm³/mol. The van der Waals surface area contributed by atoms with E-state index in [1.54, 1.807) is 0 Å². The molecule has 0 heterocycles. The van der Waals surface area contributed by atoms with Crippen molar-refractivity contribution >= 4 is 5.91 Å². The van der Waals surface area contributed by atoms with Crippen LogP contribution in [0.4, 0.5) is 0 Å². The topological polar surface area (TPSA) is 32.3 Å². The van der Waals surface area contributed by atoms with Gasteiger partial charge in [-0.15, -0.1) is 0 Å². The number of hydrogen-bond donors (Lipinski definition) is 1. The Labute approximate surface area is 68.8 Å². The number of nitrogens with zero attached hydrogens (tertiary/aromatic N) is 1. The van der Waals surface area contributed by atoms with E-state index in [1.165, 1.54) is 0 Å². The molecule has 0 rings (SSSR count). The molecule has 0 spiro atoms. The highest BCUT2D eigenvalue weighted by Gasteiger charge is 1.94. The summed E-state index contributed by atoms with van der Waals surface area (Å²) in [6.07, 6.45) is 1.33. The van der Waals surface area contributed by atoms with Crippen LogP contribution in [0.1, 0.15) is 12.8 Å². The van der Waals surface area contributed by atoms with Crippen molar-refractivity contribution in [2.45, 2.75) is 12.8 Å². The van der Waals surface area contributed by atoms with Crippen LogP contribution < -0.4 is 5.32 Å². The van der Waals surface area contributed by atoms with Gasteiger partial charge in [0.25, 0.3) is 0 Å². The van der Waals surface area contributed by atoms with E-state index in [-0.39, 0.29) is 5.91 Å². The monoisotopic (exact) mass is 157 g/mol. The quantitative estimate of drug-likeness (QED) is 0.581. The molecule has 1 radical (unpaired) electrons. The lowest BCUT2D eigenvalue weighted by Gasteiger charge is -2.08. The maximum absolute atomic E-state index is 10.7. The average Bonchev–Trinajstić information content (AvgIpc) is 1.97. The Morgan fingerprint density at radius 2 is 2.18 bits per heavy atom. The molecule has 0 bridgehead atoms. The third kappa shape index (κ3) is 7.33. The highest BCUT2D eigenvalue weighted by molar-refractivity contribution is 5.76. The predicted octanol–water partition coefficient (Wildman–Crippen LogP) is 0.278. The van der Waals surface area contributed by atoms with Crippen molar-refractivity contribution in [3.05, 3.63) is 6.92 Å². The highest BCUT2D eigenvalue weighted by atomic mass is 16.1. The minimum Gasteiger partial charge on any atom is -0.356 e. The van der Waals surface area contributed by atoms with E-state index in [4.69, 9.17) is 0 Å². The van der Waals surface area contributed by atoms with Crippen molar-refractivity contribution in [1.29, 1.82) is 0 Å². The fourth-order valence-electron chi connectivity index (χ4n) is 0.711. The third-order valence-corrected chi connectivity index (χ3v) is 1.33. The first kappa shape index (κ1) is 10.4. The van der Waals surface area contributed by atoms with Crippen LogP contribution in [0.3, 0.4) is 0 Å². The summed E-state index contributed by atoms with van der Waals surface area (Å²) >= 11 is 0. The van der Waals surface area contributed by atoms with Gasteiger partial charge in [0.2, 0.25) is 5.91 Å². The number of nitrogens with one attached hydrogen (secondary N) is 1. The Hall–Kier alpha value is -0.570. The van der Waals surface area contributed by atoms with Crippen LogP contribution >= 0.6 is 0 Å². The molecule has 0 aliphatic rings. The lowest BCUT2D eigenvalue weighted by molar-refractivity contribution is -0.120. The maximum Gasteiger partial charge on any atom is 0.219 e. The summed E-state index contributed by atoms with van der Waals surface area (Å²) in [5, 5.41) is 2.76. The molecule has 0 saturated heterocycles. The molecule has 1 amide bonds. The Morgan fingerprint density at radius 1 is 1.55 bits per heavy atom. The van der Waals surface area contributed by atoms with E-state index < -0.39 is 0 Å². The van der Waals surface area contributed by atoms with Crippen molar-refractivity contribution in [3.8, 4) is 0 Å². The molecular weight excluding hydrogens is 140 g/mol. The van der Waals surface area contributed by atoms with Crippen LogP contribution in [-0.4, -0.2) is 38.0 Å². The van der Waals surface area contributed by atoms with Gasteiger partial charge in [0.15, 0.2) is 0 Å². The summed E-state index contributed by atoms with van der Waals surface area (Å²) in [7, 11) is 4.03. The number of hydrogen-bond acceptors (Lipinski definition) is 2. The van der Waals surface area contributed by atoms with Gasteiger partial charge in [-0.3, -0.25) is 4.79 Å². The zero-order chi connectivity index (χ0) is 8.69. The second-order valence-corrected chi connectivity index (χ2v) is 2.76. The number of rotatable bonds is 5. The molecule has 0 aromatic carbocycles. The van der Waals surface area contributed by atoms with Gasteiger partial charge in [-0.1, -0.05) is 0 Å². The third-order valence-electron chi connectivity index (χ3n) is 1.33. The van der Waals surface area contributed by atoms with Gasteiger partial charge in [0.05, 0.1) is 0 Å². The van der Waals surface area contributed by atoms with Crippen molar-refractivity contribution < 1.29 is 4.79 Å². The van der Waals surface area contributed by atoms with Crippen LogP contribution in [0.5, 0.6) is 0 Å². The molecule has 11 heavy (non-hydrogen) atoms. The van der Waals surface area contributed by atoms with Gasteiger partial charge in [-0.05, 0) is 34.0 Å². The normalized spacial score (nSPS) is 10.2. The fraction of sp³-hybridized carbons (Fsp3) is 0.750. The van der Waals surface area contributed by atoms with E-state index in [0.717, 1.165) is 19.5 Å². The standard InChI is InChI=1S/C8H17N2O/c1-4-8(11)9-6-5-7-10(2)3/h1,4-7H2,2-3H3,(H,9,11). The van der Waals surface area contributed by atoms with Crippen molar-refractivity contribution in [2.75, 3.05) is 27.2 Å². The van der Waals surface area contributed by atoms with E-state index in [2.05, 4.69) is 17.1 Å². The molecule has 3 heteroatoms. The van der Waals surface area contributed by atoms with Gasteiger partial charge < -0.3 is 10.2 Å². The summed E-state index contributed by atoms with van der Waals surface area (Å²) in [4.78, 5) is 12.8. The molecule has 0 atom stereocenters. The zero-order valence-electron chi connectivity index (χ0n) is 7.39. The molecule has 0 aliphatic carbocycles. The average molecular weight is 157 g/mol. The molecule has 0 fully saturated rings. The van der Waals surface area contributed by atoms with E-state index >= 15 is 0 Å². The maximum atomic E-state index is 10.7. The summed E-state index contributed by atoms with van der Waals surface area (Å²) in [5.74, 6) is 0.0313. The van der Waals surface area contributed by atoms with Crippen LogP contribution in [-0.2, 0) is 4.79 Å². The van der Waals surface area contributed by atoms with Crippen molar-refractivity contribution in [1.82, 2.24) is 10.2 Å². The Kier molecular flexibility index (Phi) is 5.84. The fourth-order valence-corrected chi connectivity index (χ4v) is 0.711. The van der Waals surface area contributed by atoms with Gasteiger partial charge in [0.1, 0.15) is 0 Å². The zero-order valence-corrected chi connectivity index (χ0v) is 7.39. The first-order valence-electron chi connectivity index (χ1n) is 3.87. The molecule has 1 N–H and O–H groups in total. The van der Waals surface area contributed by atoms with Gasteiger partial charge >= 0.3 is 0 Å². The highest BCUT2D eigenvalue weighted by Crippen LogP contribution is 1.81. The Bertz CT molecular complexity index is 113. The van der Waals surface area contributed by atoms with Crippen molar-refractivity contribution in [3.63, 3.8) is 0 Å². The molecular formula is C8H17N2O. The van der Waals surface area contributed by atoms with Crippen LogP contribution in [0, 0.1) is 6.92 Å². The largest absolute Gasteiger partial charge is 0.356 e. The minimum atomic E-state index is 0.0313. The first-order chi connectivity index (χ1) is 5.16. The van der Waals surface area contributed by atoms with Gasteiger partial charge in [0, 0.05) is 13.0 Å². The van der Waals surface area contributed by atoms with E-state index in [0.29, 0.717) is 6.42 Å². The van der Waals surface area contributed by atoms with Crippen LogP contribution in [0.15, 0.2) is 0 Å². The Morgan fingerprint density at radius 3 is 2.64 bits per heavy atom. The molecule has 0 saturated carbocycles.